The Bertz CT molecular complexity index is 125. The summed E-state index contributed by atoms with van der Waals surface area (Å²) < 4.78 is 5.07. The van der Waals surface area contributed by atoms with E-state index in [2.05, 4.69) is 24.3 Å². The monoisotopic (exact) mass is 154 g/mol. The summed E-state index contributed by atoms with van der Waals surface area (Å²) in [7, 11) is 1.74. The molecular weight excluding hydrogens is 136 g/mol. The normalized spacial score (nSPS) is 14.8. The highest BCUT2D eigenvalue weighted by Crippen LogP contribution is 2.06. The summed E-state index contributed by atoms with van der Waals surface area (Å²) >= 11 is 0. The fourth-order valence-electron chi connectivity index (χ4n) is 0.999. The van der Waals surface area contributed by atoms with Gasteiger partial charge in [-0.2, -0.15) is 0 Å². The number of ether oxygens (including phenoxy) is 1. The lowest BCUT2D eigenvalue weighted by molar-refractivity contribution is 0.171. The second kappa shape index (κ2) is 7.55. The Morgan fingerprint density at radius 3 is 2.45 bits per heavy atom. The summed E-state index contributed by atoms with van der Waals surface area (Å²) in [6, 6.07) is 0. The van der Waals surface area contributed by atoms with Crippen molar-refractivity contribution in [3.8, 4) is 0 Å². The van der Waals surface area contributed by atoms with Gasteiger partial charge in [-0.1, -0.05) is 24.3 Å². The van der Waals surface area contributed by atoms with Crippen LogP contribution < -0.4 is 0 Å². The molecule has 0 aliphatic rings. The van der Waals surface area contributed by atoms with Crippen molar-refractivity contribution < 1.29 is 4.74 Å². The van der Waals surface area contributed by atoms with E-state index < -0.39 is 0 Å². The number of hydrogen-bond donors (Lipinski definition) is 0. The lowest BCUT2D eigenvalue weighted by atomic mass is 10.1. The largest absolute Gasteiger partial charge is 0.384 e. The smallest absolute Gasteiger partial charge is 0.0527 e. The van der Waals surface area contributed by atoms with Gasteiger partial charge in [0.15, 0.2) is 0 Å². The van der Waals surface area contributed by atoms with Crippen molar-refractivity contribution in [1.82, 2.24) is 0 Å². The van der Waals surface area contributed by atoms with Crippen LogP contribution in [0.5, 0.6) is 0 Å². The zero-order chi connectivity index (χ0) is 8.53. The van der Waals surface area contributed by atoms with Crippen LogP contribution in [0.25, 0.3) is 0 Å². The molecule has 1 nitrogen and oxygen atoms in total. The first-order chi connectivity index (χ1) is 5.35. The number of hydrogen-bond acceptors (Lipinski definition) is 1. The van der Waals surface area contributed by atoms with Gasteiger partial charge in [0.2, 0.25) is 0 Å². The SMILES string of the molecule is CC=CCC(C=CC)COC. The Labute approximate surface area is 69.8 Å². The Kier molecular flexibility index (Phi) is 7.16. The lowest BCUT2D eigenvalue weighted by Gasteiger charge is -2.07. The molecule has 0 radical (unpaired) electrons. The summed E-state index contributed by atoms with van der Waals surface area (Å²) in [4.78, 5) is 0. The standard InChI is InChI=1S/C10H18O/c1-4-6-8-10(7-5-2)9-11-3/h4-7,10H,8-9H2,1-3H3. The van der Waals surface area contributed by atoms with Gasteiger partial charge in [0.25, 0.3) is 0 Å². The Balaban J connectivity index is 3.68. The third-order valence-corrected chi connectivity index (χ3v) is 1.52. The van der Waals surface area contributed by atoms with Crippen molar-refractivity contribution in [2.45, 2.75) is 20.3 Å². The third kappa shape index (κ3) is 5.86. The van der Waals surface area contributed by atoms with Crippen LogP contribution in [0.15, 0.2) is 24.3 Å². The van der Waals surface area contributed by atoms with Crippen molar-refractivity contribution in [2.24, 2.45) is 5.92 Å². The molecule has 0 amide bonds. The van der Waals surface area contributed by atoms with Gasteiger partial charge in [0.05, 0.1) is 6.61 Å². The van der Waals surface area contributed by atoms with Gasteiger partial charge in [0.1, 0.15) is 0 Å². The van der Waals surface area contributed by atoms with E-state index >= 15 is 0 Å². The van der Waals surface area contributed by atoms with E-state index in [9.17, 15) is 0 Å². The van der Waals surface area contributed by atoms with E-state index in [1.54, 1.807) is 7.11 Å². The molecule has 64 valence electrons. The molecule has 0 saturated heterocycles. The van der Waals surface area contributed by atoms with Gasteiger partial charge in [-0.3, -0.25) is 0 Å². The van der Waals surface area contributed by atoms with E-state index in [-0.39, 0.29) is 0 Å². The number of allylic oxidation sites excluding steroid dienone is 3. The summed E-state index contributed by atoms with van der Waals surface area (Å²) in [5, 5.41) is 0. The molecule has 0 heterocycles. The topological polar surface area (TPSA) is 9.23 Å². The molecule has 0 aromatic carbocycles. The zero-order valence-electron chi connectivity index (χ0n) is 7.71. The summed E-state index contributed by atoms with van der Waals surface area (Å²) in [6.07, 6.45) is 9.58. The molecule has 0 rings (SSSR count). The van der Waals surface area contributed by atoms with Gasteiger partial charge in [-0.25, -0.2) is 0 Å². The van der Waals surface area contributed by atoms with Crippen LogP contribution in [0, 0.1) is 5.92 Å². The molecule has 0 spiro atoms. The highest BCUT2D eigenvalue weighted by Gasteiger charge is 1.99. The Morgan fingerprint density at radius 1 is 1.27 bits per heavy atom. The van der Waals surface area contributed by atoms with E-state index in [1.807, 2.05) is 13.8 Å². The average molecular weight is 154 g/mol. The second-order valence-corrected chi connectivity index (χ2v) is 2.55. The first-order valence-corrected chi connectivity index (χ1v) is 4.08. The molecule has 0 bridgehead atoms. The number of rotatable bonds is 5. The maximum atomic E-state index is 5.07. The first-order valence-electron chi connectivity index (χ1n) is 4.08. The quantitative estimate of drug-likeness (QED) is 0.553. The van der Waals surface area contributed by atoms with Gasteiger partial charge in [-0.05, 0) is 20.3 Å². The van der Waals surface area contributed by atoms with Gasteiger partial charge in [0, 0.05) is 13.0 Å². The average Bonchev–Trinajstić information content (AvgIpc) is 2.01. The molecule has 1 unspecified atom stereocenters. The van der Waals surface area contributed by atoms with Crippen LogP contribution in [0.2, 0.25) is 0 Å². The highest BCUT2D eigenvalue weighted by atomic mass is 16.5. The predicted molar refractivity (Wildman–Crippen MR) is 49.6 cm³/mol. The zero-order valence-corrected chi connectivity index (χ0v) is 7.71. The van der Waals surface area contributed by atoms with E-state index in [1.165, 1.54) is 0 Å². The van der Waals surface area contributed by atoms with E-state index in [0.29, 0.717) is 5.92 Å². The summed E-state index contributed by atoms with van der Waals surface area (Å²) in [5.74, 6) is 0.543. The van der Waals surface area contributed by atoms with Crippen molar-refractivity contribution in [1.29, 1.82) is 0 Å². The molecule has 1 atom stereocenters. The lowest BCUT2D eigenvalue weighted by Crippen LogP contribution is -2.03. The van der Waals surface area contributed by atoms with Crippen LogP contribution >= 0.6 is 0 Å². The van der Waals surface area contributed by atoms with E-state index in [0.717, 1.165) is 13.0 Å². The fourth-order valence-corrected chi connectivity index (χ4v) is 0.999. The molecule has 0 aromatic heterocycles. The predicted octanol–water partition coefficient (Wildman–Crippen LogP) is 2.79. The van der Waals surface area contributed by atoms with Crippen LogP contribution in [-0.2, 0) is 4.74 Å². The molecule has 0 aliphatic carbocycles. The number of methoxy groups -OCH3 is 1. The minimum absolute atomic E-state index is 0.543. The first kappa shape index (κ1) is 10.4. The van der Waals surface area contributed by atoms with Gasteiger partial charge < -0.3 is 4.74 Å². The molecule has 0 aliphatic heterocycles. The molecule has 11 heavy (non-hydrogen) atoms. The summed E-state index contributed by atoms with van der Waals surface area (Å²) in [6.45, 7) is 4.90. The molecule has 0 N–H and O–H groups in total. The van der Waals surface area contributed by atoms with Gasteiger partial charge in [-0.15, -0.1) is 0 Å². The van der Waals surface area contributed by atoms with Crippen LogP contribution in [0.4, 0.5) is 0 Å². The minimum Gasteiger partial charge on any atom is -0.384 e. The van der Waals surface area contributed by atoms with E-state index in [4.69, 9.17) is 4.74 Å². The van der Waals surface area contributed by atoms with Crippen molar-refractivity contribution >= 4 is 0 Å². The molecule has 1 heteroatoms. The maximum Gasteiger partial charge on any atom is 0.0527 e. The maximum absolute atomic E-state index is 5.07. The third-order valence-electron chi connectivity index (χ3n) is 1.52. The van der Waals surface area contributed by atoms with Gasteiger partial charge >= 0.3 is 0 Å². The molecular formula is C10H18O. The summed E-state index contributed by atoms with van der Waals surface area (Å²) in [5.41, 5.74) is 0. The van der Waals surface area contributed by atoms with Crippen LogP contribution in [0.3, 0.4) is 0 Å². The minimum atomic E-state index is 0.543. The Morgan fingerprint density at radius 2 is 2.00 bits per heavy atom. The Hall–Kier alpha value is -0.560. The van der Waals surface area contributed by atoms with Crippen molar-refractivity contribution in [3.63, 3.8) is 0 Å². The van der Waals surface area contributed by atoms with Crippen molar-refractivity contribution in [3.05, 3.63) is 24.3 Å². The molecule has 0 aromatic rings. The highest BCUT2D eigenvalue weighted by molar-refractivity contribution is 4.91. The van der Waals surface area contributed by atoms with Crippen molar-refractivity contribution in [2.75, 3.05) is 13.7 Å². The molecule has 0 fully saturated rings. The van der Waals surface area contributed by atoms with Crippen LogP contribution in [0.1, 0.15) is 20.3 Å². The van der Waals surface area contributed by atoms with Crippen LogP contribution in [-0.4, -0.2) is 13.7 Å². The second-order valence-electron chi connectivity index (χ2n) is 2.55. The fraction of sp³-hybridized carbons (Fsp3) is 0.600. The molecule has 0 saturated carbocycles.